The summed E-state index contributed by atoms with van der Waals surface area (Å²) in [4.78, 5) is 10.9. The molecule has 0 spiro atoms. The molecule has 0 saturated heterocycles. The molecule has 1 nitrogen and oxygen atoms in total. The van der Waals surface area contributed by atoms with Gasteiger partial charge in [-0.1, -0.05) is 24.3 Å². The summed E-state index contributed by atoms with van der Waals surface area (Å²) in [7, 11) is 0. The highest BCUT2D eigenvalue weighted by Crippen LogP contribution is 2.17. The predicted octanol–water partition coefficient (Wildman–Crippen LogP) is 2.99. The summed E-state index contributed by atoms with van der Waals surface area (Å²) in [6.45, 7) is 5.58. The van der Waals surface area contributed by atoms with Gasteiger partial charge in [0.2, 0.25) is 0 Å². The third-order valence-electron chi connectivity index (χ3n) is 1.99. The number of benzene rings is 1. The maximum atomic E-state index is 10.9. The predicted molar refractivity (Wildman–Crippen MR) is 55.5 cm³/mol. The van der Waals surface area contributed by atoms with Crippen molar-refractivity contribution in [2.45, 2.75) is 20.8 Å². The molecule has 0 aliphatic carbocycles. The third kappa shape index (κ3) is 2.55. The van der Waals surface area contributed by atoms with Gasteiger partial charge in [-0.25, -0.2) is 0 Å². The van der Waals surface area contributed by atoms with E-state index in [0.29, 0.717) is 0 Å². The second-order valence-corrected chi connectivity index (χ2v) is 3.25. The fraction of sp³-hybridized carbons (Fsp3) is 0.250. The number of ketones is 1. The van der Waals surface area contributed by atoms with E-state index in [1.54, 1.807) is 13.0 Å². The van der Waals surface area contributed by atoms with Crippen molar-refractivity contribution in [3.63, 3.8) is 0 Å². The zero-order chi connectivity index (χ0) is 9.84. The van der Waals surface area contributed by atoms with Crippen LogP contribution in [-0.4, -0.2) is 5.78 Å². The van der Waals surface area contributed by atoms with Crippen molar-refractivity contribution >= 4 is 11.4 Å². The summed E-state index contributed by atoms with van der Waals surface area (Å²) >= 11 is 0. The molecule has 0 fully saturated rings. The van der Waals surface area contributed by atoms with Crippen molar-refractivity contribution in [3.05, 3.63) is 41.5 Å². The number of hydrogen-bond acceptors (Lipinski definition) is 1. The quantitative estimate of drug-likeness (QED) is 0.630. The molecule has 0 heterocycles. The topological polar surface area (TPSA) is 17.1 Å². The van der Waals surface area contributed by atoms with Crippen LogP contribution in [-0.2, 0) is 4.79 Å². The molecular formula is C12H14O. The zero-order valence-electron chi connectivity index (χ0n) is 8.29. The molecule has 1 aromatic carbocycles. The van der Waals surface area contributed by atoms with E-state index in [1.807, 2.05) is 38.1 Å². The Bertz CT molecular complexity index is 348. The average Bonchev–Trinajstić information content (AvgIpc) is 2.03. The Balaban J connectivity index is 3.08. The monoisotopic (exact) mass is 174 g/mol. The van der Waals surface area contributed by atoms with E-state index in [2.05, 4.69) is 0 Å². The van der Waals surface area contributed by atoms with E-state index in [1.165, 1.54) is 5.56 Å². The van der Waals surface area contributed by atoms with Crippen molar-refractivity contribution in [1.29, 1.82) is 0 Å². The van der Waals surface area contributed by atoms with E-state index >= 15 is 0 Å². The molecule has 0 bridgehead atoms. The molecule has 0 amide bonds. The van der Waals surface area contributed by atoms with Crippen LogP contribution in [0.2, 0.25) is 0 Å². The number of carbonyl (C=O) groups excluding carboxylic acids is 1. The molecule has 0 atom stereocenters. The van der Waals surface area contributed by atoms with Gasteiger partial charge >= 0.3 is 0 Å². The van der Waals surface area contributed by atoms with Gasteiger partial charge in [0.25, 0.3) is 0 Å². The van der Waals surface area contributed by atoms with E-state index in [9.17, 15) is 4.79 Å². The van der Waals surface area contributed by atoms with Gasteiger partial charge in [0, 0.05) is 0 Å². The fourth-order valence-corrected chi connectivity index (χ4v) is 1.40. The Kier molecular flexibility index (Phi) is 3.02. The van der Waals surface area contributed by atoms with Gasteiger partial charge in [-0.3, -0.25) is 4.79 Å². The average molecular weight is 174 g/mol. The van der Waals surface area contributed by atoms with E-state index < -0.39 is 0 Å². The number of hydrogen-bond donors (Lipinski definition) is 0. The second-order valence-electron chi connectivity index (χ2n) is 3.25. The van der Waals surface area contributed by atoms with Crippen molar-refractivity contribution in [1.82, 2.24) is 0 Å². The number of allylic oxidation sites excluding steroid dienone is 2. The minimum atomic E-state index is 0.0979. The van der Waals surface area contributed by atoms with Crippen molar-refractivity contribution in [2.75, 3.05) is 0 Å². The Labute approximate surface area is 79.1 Å². The summed E-state index contributed by atoms with van der Waals surface area (Å²) in [5.41, 5.74) is 3.39. The number of rotatable bonds is 2. The van der Waals surface area contributed by atoms with Gasteiger partial charge in [0.15, 0.2) is 5.78 Å². The van der Waals surface area contributed by atoms with Crippen LogP contribution >= 0.6 is 0 Å². The SMILES string of the molecule is CC(=O)C=C(C)c1ccccc1C. The zero-order valence-corrected chi connectivity index (χ0v) is 8.29. The van der Waals surface area contributed by atoms with Gasteiger partial charge in [0.1, 0.15) is 0 Å². The first-order valence-electron chi connectivity index (χ1n) is 4.36. The molecule has 0 aliphatic rings. The maximum absolute atomic E-state index is 10.9. The molecule has 0 aromatic heterocycles. The summed E-state index contributed by atoms with van der Waals surface area (Å²) < 4.78 is 0. The fourth-order valence-electron chi connectivity index (χ4n) is 1.40. The van der Waals surface area contributed by atoms with Crippen LogP contribution < -0.4 is 0 Å². The molecule has 1 aromatic rings. The summed E-state index contributed by atoms with van der Waals surface area (Å²) in [6, 6.07) is 8.07. The lowest BCUT2D eigenvalue weighted by molar-refractivity contribution is -0.112. The van der Waals surface area contributed by atoms with Crippen molar-refractivity contribution in [2.24, 2.45) is 0 Å². The molecule has 0 N–H and O–H groups in total. The highest BCUT2D eigenvalue weighted by molar-refractivity contribution is 5.94. The van der Waals surface area contributed by atoms with E-state index in [-0.39, 0.29) is 5.78 Å². The smallest absolute Gasteiger partial charge is 0.152 e. The summed E-state index contributed by atoms with van der Waals surface area (Å²) in [5.74, 6) is 0.0979. The standard InChI is InChI=1S/C12H14O/c1-9-6-4-5-7-12(9)10(2)8-11(3)13/h4-8H,1-3H3. The number of aryl methyl sites for hydroxylation is 1. The van der Waals surface area contributed by atoms with Crippen LogP contribution in [0.15, 0.2) is 30.3 Å². The van der Waals surface area contributed by atoms with Crippen molar-refractivity contribution in [3.8, 4) is 0 Å². The van der Waals surface area contributed by atoms with Crippen LogP contribution in [0.5, 0.6) is 0 Å². The maximum Gasteiger partial charge on any atom is 0.152 e. The van der Waals surface area contributed by atoms with Gasteiger partial charge in [-0.15, -0.1) is 0 Å². The van der Waals surface area contributed by atoms with Crippen molar-refractivity contribution < 1.29 is 4.79 Å². The van der Waals surface area contributed by atoms with Gasteiger partial charge in [0.05, 0.1) is 0 Å². The number of carbonyl (C=O) groups is 1. The molecular weight excluding hydrogens is 160 g/mol. The van der Waals surface area contributed by atoms with Crippen LogP contribution in [0.25, 0.3) is 5.57 Å². The largest absolute Gasteiger partial charge is 0.295 e. The van der Waals surface area contributed by atoms with Crippen LogP contribution in [0, 0.1) is 6.92 Å². The lowest BCUT2D eigenvalue weighted by Gasteiger charge is -2.04. The minimum Gasteiger partial charge on any atom is -0.295 e. The lowest BCUT2D eigenvalue weighted by Crippen LogP contribution is -1.88. The normalized spacial score (nSPS) is 11.5. The highest BCUT2D eigenvalue weighted by atomic mass is 16.1. The van der Waals surface area contributed by atoms with Gasteiger partial charge in [-0.05, 0) is 43.5 Å². The second kappa shape index (κ2) is 4.04. The molecule has 13 heavy (non-hydrogen) atoms. The van der Waals surface area contributed by atoms with Crippen LogP contribution in [0.4, 0.5) is 0 Å². The molecule has 0 unspecified atom stereocenters. The van der Waals surface area contributed by atoms with E-state index in [0.717, 1.165) is 11.1 Å². The Hall–Kier alpha value is -1.37. The molecule has 0 aliphatic heterocycles. The molecule has 0 radical (unpaired) electrons. The first-order chi connectivity index (χ1) is 6.11. The minimum absolute atomic E-state index is 0.0979. The van der Waals surface area contributed by atoms with Gasteiger partial charge < -0.3 is 0 Å². The van der Waals surface area contributed by atoms with E-state index in [4.69, 9.17) is 0 Å². The molecule has 1 heteroatoms. The Morgan fingerprint density at radius 2 is 1.85 bits per heavy atom. The molecule has 0 saturated carbocycles. The van der Waals surface area contributed by atoms with Gasteiger partial charge in [-0.2, -0.15) is 0 Å². The Morgan fingerprint density at radius 1 is 1.23 bits per heavy atom. The lowest BCUT2D eigenvalue weighted by atomic mass is 10.0. The van der Waals surface area contributed by atoms with Crippen LogP contribution in [0.1, 0.15) is 25.0 Å². The molecule has 68 valence electrons. The third-order valence-corrected chi connectivity index (χ3v) is 1.99. The summed E-state index contributed by atoms with van der Waals surface area (Å²) in [5, 5.41) is 0. The first kappa shape index (κ1) is 9.72. The van der Waals surface area contributed by atoms with Crippen LogP contribution in [0.3, 0.4) is 0 Å². The highest BCUT2D eigenvalue weighted by Gasteiger charge is 1.99. The molecule has 1 rings (SSSR count). The summed E-state index contributed by atoms with van der Waals surface area (Å²) in [6.07, 6.45) is 1.67. The first-order valence-corrected chi connectivity index (χ1v) is 4.36. The Morgan fingerprint density at radius 3 is 2.38 bits per heavy atom.